The average molecular weight is 537 g/mol. The number of aromatic nitrogens is 2. The lowest BCUT2D eigenvalue weighted by Gasteiger charge is -2.34. The van der Waals surface area contributed by atoms with Crippen molar-refractivity contribution in [3.63, 3.8) is 0 Å². The summed E-state index contributed by atoms with van der Waals surface area (Å²) in [7, 11) is 0. The number of amides is 1. The third-order valence-electron chi connectivity index (χ3n) is 5.86. The van der Waals surface area contributed by atoms with Crippen LogP contribution < -0.4 is 20.1 Å². The standard InChI is InChI=1S/C23H20BrF3N4O3/c24-16-4-2-14(3-5-16)17-9-20(23(25,26)27)31-22(30-17)15(11-29-31)8-21(32)28-10-13-1-6-18-19(7-13)34-12-33-18/h1-7,11,17,20,30H,8-10,12H2,(H,28,32)/t17-,20+/m1/s1. The van der Waals surface area contributed by atoms with Gasteiger partial charge < -0.3 is 20.1 Å². The molecule has 0 aliphatic carbocycles. The first-order chi connectivity index (χ1) is 16.3. The quantitative estimate of drug-likeness (QED) is 0.485. The molecule has 34 heavy (non-hydrogen) atoms. The van der Waals surface area contributed by atoms with Crippen LogP contribution >= 0.6 is 15.9 Å². The average Bonchev–Trinajstić information content (AvgIpc) is 3.43. The molecule has 0 radical (unpaired) electrons. The maximum atomic E-state index is 13.9. The first-order valence-corrected chi connectivity index (χ1v) is 11.4. The number of ether oxygens (including phenoxy) is 2. The van der Waals surface area contributed by atoms with Crippen LogP contribution in [0.25, 0.3) is 0 Å². The van der Waals surface area contributed by atoms with E-state index in [0.29, 0.717) is 17.1 Å². The van der Waals surface area contributed by atoms with E-state index in [-0.39, 0.29) is 37.9 Å². The van der Waals surface area contributed by atoms with Gasteiger partial charge >= 0.3 is 6.18 Å². The summed E-state index contributed by atoms with van der Waals surface area (Å²) in [6, 6.07) is 10.1. The van der Waals surface area contributed by atoms with Crippen LogP contribution in [0.3, 0.4) is 0 Å². The predicted molar refractivity (Wildman–Crippen MR) is 121 cm³/mol. The van der Waals surface area contributed by atoms with E-state index in [9.17, 15) is 18.0 Å². The summed E-state index contributed by atoms with van der Waals surface area (Å²) in [5, 5.41) is 9.94. The second-order valence-electron chi connectivity index (χ2n) is 8.15. The van der Waals surface area contributed by atoms with Crippen LogP contribution in [0.4, 0.5) is 19.0 Å². The lowest BCUT2D eigenvalue weighted by Crippen LogP contribution is -2.36. The Morgan fingerprint density at radius 2 is 1.94 bits per heavy atom. The van der Waals surface area contributed by atoms with Gasteiger partial charge in [0, 0.05) is 23.0 Å². The summed E-state index contributed by atoms with van der Waals surface area (Å²) in [5.41, 5.74) is 1.95. The fourth-order valence-corrected chi connectivity index (χ4v) is 4.41. The zero-order chi connectivity index (χ0) is 23.9. The number of hydrogen-bond donors (Lipinski definition) is 2. The highest BCUT2D eigenvalue weighted by atomic mass is 79.9. The number of anilines is 1. The minimum atomic E-state index is -4.48. The first kappa shape index (κ1) is 22.6. The van der Waals surface area contributed by atoms with Crippen LogP contribution in [-0.4, -0.2) is 28.7 Å². The molecule has 3 aromatic rings. The van der Waals surface area contributed by atoms with E-state index >= 15 is 0 Å². The molecule has 2 atom stereocenters. The molecule has 0 fully saturated rings. The lowest BCUT2D eigenvalue weighted by atomic mass is 9.96. The molecule has 3 heterocycles. The van der Waals surface area contributed by atoms with Gasteiger partial charge in [0.25, 0.3) is 0 Å². The third-order valence-corrected chi connectivity index (χ3v) is 6.39. The van der Waals surface area contributed by atoms with E-state index in [1.54, 1.807) is 36.4 Å². The minimum absolute atomic E-state index is 0.107. The van der Waals surface area contributed by atoms with Gasteiger partial charge in [-0.1, -0.05) is 34.1 Å². The van der Waals surface area contributed by atoms with E-state index in [2.05, 4.69) is 31.7 Å². The molecule has 0 unspecified atom stereocenters. The molecule has 2 aliphatic rings. The second kappa shape index (κ2) is 8.86. The van der Waals surface area contributed by atoms with E-state index in [1.807, 2.05) is 6.07 Å². The highest BCUT2D eigenvalue weighted by molar-refractivity contribution is 9.10. The van der Waals surface area contributed by atoms with Gasteiger partial charge in [-0.15, -0.1) is 0 Å². The fraction of sp³-hybridized carbons (Fsp3) is 0.304. The Morgan fingerprint density at radius 3 is 2.71 bits per heavy atom. The molecular weight excluding hydrogens is 517 g/mol. The Hall–Kier alpha value is -3.21. The molecule has 0 spiro atoms. The number of nitrogens with zero attached hydrogens (tertiary/aromatic N) is 2. The molecule has 1 amide bonds. The summed E-state index contributed by atoms with van der Waals surface area (Å²) in [6.07, 6.45) is -3.46. The number of carbonyl (C=O) groups is 1. The van der Waals surface area contributed by atoms with Crippen LogP contribution in [0.15, 0.2) is 53.1 Å². The van der Waals surface area contributed by atoms with Crippen molar-refractivity contribution in [2.75, 3.05) is 12.1 Å². The lowest BCUT2D eigenvalue weighted by molar-refractivity contribution is -0.173. The van der Waals surface area contributed by atoms with Crippen LogP contribution in [0.2, 0.25) is 0 Å². The SMILES string of the molecule is O=C(Cc1cnn2c1N[C@@H](c1ccc(Br)cc1)C[C@H]2C(F)(F)F)NCc1ccc2c(c1)OCO2. The summed E-state index contributed by atoms with van der Waals surface area (Å²) >= 11 is 3.35. The van der Waals surface area contributed by atoms with Crippen molar-refractivity contribution >= 4 is 27.7 Å². The maximum Gasteiger partial charge on any atom is 0.410 e. The molecule has 2 aliphatic heterocycles. The zero-order valence-corrected chi connectivity index (χ0v) is 19.3. The minimum Gasteiger partial charge on any atom is -0.454 e. The summed E-state index contributed by atoms with van der Waals surface area (Å²) < 4.78 is 53.9. The molecule has 178 valence electrons. The van der Waals surface area contributed by atoms with Gasteiger partial charge in [-0.05, 0) is 35.4 Å². The smallest absolute Gasteiger partial charge is 0.410 e. The number of benzene rings is 2. The summed E-state index contributed by atoms with van der Waals surface area (Å²) in [5.74, 6) is 1.13. The van der Waals surface area contributed by atoms with Crippen molar-refractivity contribution in [2.24, 2.45) is 0 Å². The van der Waals surface area contributed by atoms with E-state index < -0.39 is 18.3 Å². The summed E-state index contributed by atoms with van der Waals surface area (Å²) in [6.45, 7) is 0.407. The number of halogens is 4. The van der Waals surface area contributed by atoms with Crippen molar-refractivity contribution in [1.29, 1.82) is 0 Å². The number of alkyl halides is 3. The van der Waals surface area contributed by atoms with Gasteiger partial charge in [0.15, 0.2) is 17.5 Å². The Labute approximate surface area is 201 Å². The molecule has 7 nitrogen and oxygen atoms in total. The fourth-order valence-electron chi connectivity index (χ4n) is 4.14. The normalized spacial score (nSPS) is 18.8. The van der Waals surface area contributed by atoms with Gasteiger partial charge in [-0.25, -0.2) is 4.68 Å². The molecule has 0 bridgehead atoms. The largest absolute Gasteiger partial charge is 0.454 e. The molecule has 2 N–H and O–H groups in total. The number of hydrogen-bond acceptors (Lipinski definition) is 5. The van der Waals surface area contributed by atoms with Gasteiger partial charge in [0.2, 0.25) is 12.7 Å². The van der Waals surface area contributed by atoms with Crippen molar-refractivity contribution in [3.05, 3.63) is 69.8 Å². The molecule has 5 rings (SSSR count). The monoisotopic (exact) mass is 536 g/mol. The Bertz CT molecular complexity index is 1210. The van der Waals surface area contributed by atoms with E-state index in [4.69, 9.17) is 9.47 Å². The molecular formula is C23H20BrF3N4O3. The topological polar surface area (TPSA) is 77.4 Å². The van der Waals surface area contributed by atoms with E-state index in [0.717, 1.165) is 20.3 Å². The highest BCUT2D eigenvalue weighted by Crippen LogP contribution is 2.44. The number of carbonyl (C=O) groups excluding carboxylic acids is 1. The number of rotatable bonds is 5. The molecule has 11 heteroatoms. The van der Waals surface area contributed by atoms with Gasteiger partial charge in [-0.3, -0.25) is 4.79 Å². The van der Waals surface area contributed by atoms with Crippen molar-refractivity contribution in [3.8, 4) is 11.5 Å². The Balaban J connectivity index is 1.32. The van der Waals surface area contributed by atoms with Crippen molar-refractivity contribution in [1.82, 2.24) is 15.1 Å². The Kier molecular flexibility index (Phi) is 5.88. The van der Waals surface area contributed by atoms with Crippen LogP contribution in [-0.2, 0) is 17.8 Å². The predicted octanol–water partition coefficient (Wildman–Crippen LogP) is 4.89. The molecule has 1 aromatic heterocycles. The van der Waals surface area contributed by atoms with E-state index in [1.165, 1.54) is 6.20 Å². The van der Waals surface area contributed by atoms with Gasteiger partial charge in [-0.2, -0.15) is 18.3 Å². The van der Waals surface area contributed by atoms with Crippen molar-refractivity contribution < 1.29 is 27.4 Å². The number of nitrogens with one attached hydrogen (secondary N) is 2. The second-order valence-corrected chi connectivity index (χ2v) is 9.06. The molecule has 0 saturated heterocycles. The molecule has 2 aromatic carbocycles. The maximum absolute atomic E-state index is 13.9. The van der Waals surface area contributed by atoms with Crippen LogP contribution in [0, 0.1) is 0 Å². The van der Waals surface area contributed by atoms with Gasteiger partial charge in [0.1, 0.15) is 5.82 Å². The van der Waals surface area contributed by atoms with Crippen LogP contribution in [0.5, 0.6) is 11.5 Å². The van der Waals surface area contributed by atoms with Gasteiger partial charge in [0.05, 0.1) is 18.7 Å². The Morgan fingerprint density at radius 1 is 1.18 bits per heavy atom. The van der Waals surface area contributed by atoms with Crippen molar-refractivity contribution in [2.45, 2.75) is 37.6 Å². The molecule has 0 saturated carbocycles. The number of fused-ring (bicyclic) bond motifs is 2. The third kappa shape index (κ3) is 4.56. The highest BCUT2D eigenvalue weighted by Gasteiger charge is 2.47. The first-order valence-electron chi connectivity index (χ1n) is 10.6. The summed E-state index contributed by atoms with van der Waals surface area (Å²) in [4.78, 5) is 12.6. The zero-order valence-electron chi connectivity index (χ0n) is 17.7. The van der Waals surface area contributed by atoms with Crippen LogP contribution in [0.1, 0.15) is 35.2 Å².